The maximum absolute atomic E-state index is 5.97. The average molecular weight is 276 g/mol. The van der Waals surface area contributed by atoms with Gasteiger partial charge in [-0.15, -0.1) is 0 Å². The van der Waals surface area contributed by atoms with Crippen LogP contribution in [0.2, 0.25) is 0 Å². The van der Waals surface area contributed by atoms with Crippen molar-refractivity contribution in [3.63, 3.8) is 0 Å². The minimum absolute atomic E-state index is 0.225. The lowest BCUT2D eigenvalue weighted by Crippen LogP contribution is -2.28. The topological polar surface area (TPSA) is 33.7 Å². The van der Waals surface area contributed by atoms with Gasteiger partial charge in [0.2, 0.25) is 0 Å². The molecule has 0 spiro atoms. The van der Waals surface area contributed by atoms with E-state index in [1.54, 1.807) is 0 Å². The van der Waals surface area contributed by atoms with Crippen molar-refractivity contribution in [3.8, 4) is 5.75 Å². The molecule has 4 heteroatoms. The standard InChI is InChI=1S/C16H24N2O2/c1-13-11-14(20-15-5-10-19-12-15)3-4-16(13)18-8-2-6-17-7-9-18/h3-4,11,15,17H,2,5-10,12H2,1H3. The van der Waals surface area contributed by atoms with Crippen LogP contribution in [0.15, 0.2) is 18.2 Å². The molecule has 2 saturated heterocycles. The quantitative estimate of drug-likeness (QED) is 0.915. The second-order valence-corrected chi connectivity index (χ2v) is 5.64. The Morgan fingerprint density at radius 1 is 1.30 bits per heavy atom. The van der Waals surface area contributed by atoms with E-state index in [1.807, 2.05) is 0 Å². The lowest BCUT2D eigenvalue weighted by atomic mass is 10.1. The highest BCUT2D eigenvalue weighted by Crippen LogP contribution is 2.26. The lowest BCUT2D eigenvalue weighted by molar-refractivity contribution is 0.141. The molecule has 2 fully saturated rings. The van der Waals surface area contributed by atoms with Crippen molar-refractivity contribution >= 4 is 5.69 Å². The maximum Gasteiger partial charge on any atom is 0.124 e. The van der Waals surface area contributed by atoms with Crippen LogP contribution in [0, 0.1) is 6.92 Å². The first kappa shape index (κ1) is 13.7. The van der Waals surface area contributed by atoms with Crippen molar-refractivity contribution in [2.45, 2.75) is 25.9 Å². The van der Waals surface area contributed by atoms with E-state index in [-0.39, 0.29) is 6.10 Å². The SMILES string of the molecule is Cc1cc(OC2CCOC2)ccc1N1CCCNCC1. The molecule has 0 aliphatic carbocycles. The van der Waals surface area contributed by atoms with Crippen molar-refractivity contribution in [3.05, 3.63) is 23.8 Å². The molecule has 0 aromatic heterocycles. The molecule has 1 aromatic rings. The van der Waals surface area contributed by atoms with Crippen LogP contribution in [0.25, 0.3) is 0 Å². The predicted molar refractivity (Wildman–Crippen MR) is 80.7 cm³/mol. The number of benzene rings is 1. The molecule has 3 rings (SSSR count). The van der Waals surface area contributed by atoms with Crippen LogP contribution >= 0.6 is 0 Å². The van der Waals surface area contributed by atoms with E-state index in [0.717, 1.165) is 51.6 Å². The molecule has 0 radical (unpaired) electrons. The zero-order chi connectivity index (χ0) is 13.8. The van der Waals surface area contributed by atoms with Gasteiger partial charge in [0, 0.05) is 31.7 Å². The minimum Gasteiger partial charge on any atom is -0.488 e. The number of ether oxygens (including phenoxy) is 2. The third-order valence-corrected chi connectivity index (χ3v) is 4.04. The smallest absolute Gasteiger partial charge is 0.124 e. The third kappa shape index (κ3) is 3.25. The Bertz CT molecular complexity index is 436. The molecule has 1 atom stereocenters. The van der Waals surface area contributed by atoms with Crippen molar-refractivity contribution in [1.82, 2.24) is 5.32 Å². The van der Waals surface area contributed by atoms with E-state index in [0.29, 0.717) is 0 Å². The van der Waals surface area contributed by atoms with Crippen LogP contribution in [0.4, 0.5) is 5.69 Å². The van der Waals surface area contributed by atoms with Gasteiger partial charge in [-0.3, -0.25) is 0 Å². The number of hydrogen-bond acceptors (Lipinski definition) is 4. The molecule has 0 saturated carbocycles. The van der Waals surface area contributed by atoms with Gasteiger partial charge in [0.05, 0.1) is 13.2 Å². The Morgan fingerprint density at radius 3 is 3.05 bits per heavy atom. The van der Waals surface area contributed by atoms with Crippen LogP contribution in [-0.2, 0) is 4.74 Å². The van der Waals surface area contributed by atoms with Gasteiger partial charge in [-0.1, -0.05) is 0 Å². The molecule has 4 nitrogen and oxygen atoms in total. The Labute approximate surface area is 121 Å². The zero-order valence-corrected chi connectivity index (χ0v) is 12.2. The van der Waals surface area contributed by atoms with Crippen molar-refractivity contribution < 1.29 is 9.47 Å². The Hall–Kier alpha value is -1.26. The van der Waals surface area contributed by atoms with Gasteiger partial charge < -0.3 is 19.7 Å². The maximum atomic E-state index is 5.97. The molecule has 110 valence electrons. The fourth-order valence-corrected chi connectivity index (χ4v) is 2.94. The van der Waals surface area contributed by atoms with Crippen LogP contribution in [0.1, 0.15) is 18.4 Å². The van der Waals surface area contributed by atoms with Crippen LogP contribution < -0.4 is 15.0 Å². The lowest BCUT2D eigenvalue weighted by Gasteiger charge is -2.25. The van der Waals surface area contributed by atoms with Gasteiger partial charge in [0.1, 0.15) is 11.9 Å². The van der Waals surface area contributed by atoms with E-state index >= 15 is 0 Å². The highest BCUT2D eigenvalue weighted by molar-refractivity contribution is 5.56. The van der Waals surface area contributed by atoms with Crippen LogP contribution in [0.5, 0.6) is 5.75 Å². The Morgan fingerprint density at radius 2 is 2.25 bits per heavy atom. The second kappa shape index (κ2) is 6.46. The number of nitrogens with one attached hydrogen (secondary N) is 1. The Kier molecular flexibility index (Phi) is 4.43. The molecule has 2 aliphatic rings. The fraction of sp³-hybridized carbons (Fsp3) is 0.625. The summed E-state index contributed by atoms with van der Waals surface area (Å²) in [6, 6.07) is 6.46. The first-order valence-electron chi connectivity index (χ1n) is 7.63. The molecule has 2 aliphatic heterocycles. The third-order valence-electron chi connectivity index (χ3n) is 4.04. The van der Waals surface area contributed by atoms with Crippen LogP contribution in [-0.4, -0.2) is 45.5 Å². The van der Waals surface area contributed by atoms with E-state index in [1.165, 1.54) is 17.7 Å². The second-order valence-electron chi connectivity index (χ2n) is 5.64. The summed E-state index contributed by atoms with van der Waals surface area (Å²) in [6.07, 6.45) is 2.43. The molecule has 1 aromatic carbocycles. The van der Waals surface area contributed by atoms with Gasteiger partial charge in [-0.05, 0) is 43.7 Å². The van der Waals surface area contributed by atoms with Crippen molar-refractivity contribution in [1.29, 1.82) is 0 Å². The van der Waals surface area contributed by atoms with Crippen LogP contribution in [0.3, 0.4) is 0 Å². The number of anilines is 1. The van der Waals surface area contributed by atoms with E-state index < -0.39 is 0 Å². The number of hydrogen-bond donors (Lipinski definition) is 1. The minimum atomic E-state index is 0.225. The number of aryl methyl sites for hydroxylation is 1. The molecule has 2 heterocycles. The van der Waals surface area contributed by atoms with E-state index in [4.69, 9.17) is 9.47 Å². The zero-order valence-electron chi connectivity index (χ0n) is 12.2. The fourth-order valence-electron chi connectivity index (χ4n) is 2.94. The summed E-state index contributed by atoms with van der Waals surface area (Å²) in [5.74, 6) is 0.967. The summed E-state index contributed by atoms with van der Waals surface area (Å²) in [5.41, 5.74) is 2.63. The first-order chi connectivity index (χ1) is 9.83. The molecular formula is C16H24N2O2. The average Bonchev–Trinajstić information content (AvgIpc) is 2.80. The van der Waals surface area contributed by atoms with Gasteiger partial charge >= 0.3 is 0 Å². The van der Waals surface area contributed by atoms with Gasteiger partial charge in [0.15, 0.2) is 0 Å². The van der Waals surface area contributed by atoms with E-state index in [2.05, 4.69) is 35.3 Å². The molecular weight excluding hydrogens is 252 g/mol. The van der Waals surface area contributed by atoms with Gasteiger partial charge in [-0.2, -0.15) is 0 Å². The highest BCUT2D eigenvalue weighted by Gasteiger charge is 2.18. The molecule has 0 amide bonds. The summed E-state index contributed by atoms with van der Waals surface area (Å²) in [6.45, 7) is 8.12. The summed E-state index contributed by atoms with van der Waals surface area (Å²) in [5, 5.41) is 3.45. The van der Waals surface area contributed by atoms with Gasteiger partial charge in [-0.25, -0.2) is 0 Å². The summed E-state index contributed by atoms with van der Waals surface area (Å²) < 4.78 is 11.3. The number of nitrogens with zero attached hydrogens (tertiary/aromatic N) is 1. The summed E-state index contributed by atoms with van der Waals surface area (Å²) in [4.78, 5) is 2.47. The molecule has 20 heavy (non-hydrogen) atoms. The Balaban J connectivity index is 1.69. The highest BCUT2D eigenvalue weighted by atomic mass is 16.5. The predicted octanol–water partition coefficient (Wildman–Crippen LogP) is 1.96. The van der Waals surface area contributed by atoms with Crippen molar-refractivity contribution in [2.24, 2.45) is 0 Å². The normalized spacial score (nSPS) is 23.6. The molecule has 1 unspecified atom stereocenters. The van der Waals surface area contributed by atoms with Gasteiger partial charge in [0.25, 0.3) is 0 Å². The summed E-state index contributed by atoms with van der Waals surface area (Å²) in [7, 11) is 0. The van der Waals surface area contributed by atoms with E-state index in [9.17, 15) is 0 Å². The monoisotopic (exact) mass is 276 g/mol. The van der Waals surface area contributed by atoms with Crippen molar-refractivity contribution in [2.75, 3.05) is 44.3 Å². The molecule has 0 bridgehead atoms. The summed E-state index contributed by atoms with van der Waals surface area (Å²) >= 11 is 0. The number of rotatable bonds is 3. The largest absolute Gasteiger partial charge is 0.488 e. The first-order valence-corrected chi connectivity index (χ1v) is 7.63. The molecule has 1 N–H and O–H groups in total.